The monoisotopic (exact) mass is 1160 g/mol. The lowest BCUT2D eigenvalue weighted by Gasteiger charge is -2.18. The number of allylic oxidation sites excluding steroid dienone is 10. The van der Waals surface area contributed by atoms with E-state index in [1.807, 2.05) is 0 Å². The number of hydrogen-bond acceptors (Lipinski definition) is 6. The molecule has 0 spiro atoms. The van der Waals surface area contributed by atoms with Crippen molar-refractivity contribution in [2.75, 3.05) is 13.2 Å². The first kappa shape index (κ1) is 80.1. The summed E-state index contributed by atoms with van der Waals surface area (Å²) >= 11 is 0. The Kier molecular flexibility index (Phi) is 69.1. The third-order valence-electron chi connectivity index (χ3n) is 16.5. The van der Waals surface area contributed by atoms with E-state index in [2.05, 4.69) is 81.5 Å². The maximum absolute atomic E-state index is 13.0. The largest absolute Gasteiger partial charge is 0.462 e. The average Bonchev–Trinajstić information content (AvgIpc) is 3.49. The van der Waals surface area contributed by atoms with Crippen LogP contribution in [-0.4, -0.2) is 37.2 Å². The zero-order chi connectivity index (χ0) is 59.9. The summed E-state index contributed by atoms with van der Waals surface area (Å²) in [6.45, 7) is 6.67. The minimum atomic E-state index is -0.779. The summed E-state index contributed by atoms with van der Waals surface area (Å²) in [5.41, 5.74) is 0. The number of rotatable bonds is 68. The van der Waals surface area contributed by atoms with Crippen molar-refractivity contribution in [3.8, 4) is 0 Å². The summed E-state index contributed by atoms with van der Waals surface area (Å²) in [7, 11) is 0. The lowest BCUT2D eigenvalue weighted by Crippen LogP contribution is -2.30. The van der Waals surface area contributed by atoms with E-state index in [0.717, 1.165) is 77.0 Å². The SMILES string of the molecule is CCCCCCC/C=C\C/C=C\C/C=C\CCCCCCCCCCCCCCCCCCC(=O)OCC(COC(=O)CCCCCCC/C=C\CCCCCCCC)OC(=O)CCCCCCCCCCC/C=C\CCCCCCCC. The molecule has 0 aliphatic rings. The molecule has 0 aliphatic heterocycles. The fraction of sp³-hybridized carbons (Fsp3) is 0.831. The topological polar surface area (TPSA) is 78.9 Å². The number of hydrogen-bond donors (Lipinski definition) is 0. The molecule has 0 fully saturated rings. The van der Waals surface area contributed by atoms with Gasteiger partial charge in [-0.25, -0.2) is 0 Å². The summed E-state index contributed by atoms with van der Waals surface area (Å²) in [5, 5.41) is 0. The second-order valence-corrected chi connectivity index (χ2v) is 24.8. The third kappa shape index (κ3) is 69.8. The van der Waals surface area contributed by atoms with Crippen LogP contribution in [0.25, 0.3) is 0 Å². The highest BCUT2D eigenvalue weighted by atomic mass is 16.6. The van der Waals surface area contributed by atoms with Gasteiger partial charge in [-0.15, -0.1) is 0 Å². The Balaban J connectivity index is 4.22. The molecule has 0 saturated carbocycles. The van der Waals surface area contributed by atoms with Crippen LogP contribution in [0.5, 0.6) is 0 Å². The molecule has 484 valence electrons. The van der Waals surface area contributed by atoms with Gasteiger partial charge in [0.25, 0.3) is 0 Å². The predicted molar refractivity (Wildman–Crippen MR) is 362 cm³/mol. The Morgan fingerprint density at radius 3 is 0.687 bits per heavy atom. The van der Waals surface area contributed by atoms with Crippen molar-refractivity contribution in [3.63, 3.8) is 0 Å². The highest BCUT2D eigenvalue weighted by Gasteiger charge is 2.19. The van der Waals surface area contributed by atoms with Crippen LogP contribution in [0.1, 0.15) is 393 Å². The first-order valence-electron chi connectivity index (χ1n) is 36.8. The van der Waals surface area contributed by atoms with Gasteiger partial charge in [0.15, 0.2) is 6.10 Å². The van der Waals surface area contributed by atoms with E-state index < -0.39 is 6.10 Å². The van der Waals surface area contributed by atoms with Gasteiger partial charge in [-0.1, -0.05) is 326 Å². The van der Waals surface area contributed by atoms with Gasteiger partial charge >= 0.3 is 17.9 Å². The number of carbonyl (C=O) groups is 3. The molecule has 0 aromatic heterocycles. The highest BCUT2D eigenvalue weighted by molar-refractivity contribution is 5.71. The first-order chi connectivity index (χ1) is 41.0. The van der Waals surface area contributed by atoms with Gasteiger partial charge < -0.3 is 14.2 Å². The lowest BCUT2D eigenvalue weighted by atomic mass is 10.0. The molecular weight excluding hydrogens is 1020 g/mol. The molecule has 0 amide bonds. The van der Waals surface area contributed by atoms with Crippen LogP contribution in [0.2, 0.25) is 0 Å². The van der Waals surface area contributed by atoms with Crippen molar-refractivity contribution < 1.29 is 28.6 Å². The van der Waals surface area contributed by atoms with Crippen LogP contribution in [-0.2, 0) is 28.6 Å². The summed E-state index contributed by atoms with van der Waals surface area (Å²) in [4.78, 5) is 38.5. The van der Waals surface area contributed by atoms with E-state index in [1.165, 1.54) is 276 Å². The summed E-state index contributed by atoms with van der Waals surface area (Å²) < 4.78 is 17.0. The van der Waals surface area contributed by atoms with Crippen molar-refractivity contribution in [1.29, 1.82) is 0 Å². The minimum Gasteiger partial charge on any atom is -0.462 e. The van der Waals surface area contributed by atoms with Crippen molar-refractivity contribution in [2.24, 2.45) is 0 Å². The van der Waals surface area contributed by atoms with E-state index >= 15 is 0 Å². The second-order valence-electron chi connectivity index (χ2n) is 24.8. The molecule has 6 nitrogen and oxygen atoms in total. The Morgan fingerprint density at radius 1 is 0.241 bits per heavy atom. The van der Waals surface area contributed by atoms with Gasteiger partial charge in [-0.2, -0.15) is 0 Å². The van der Waals surface area contributed by atoms with Crippen molar-refractivity contribution >= 4 is 17.9 Å². The molecule has 0 N–H and O–H groups in total. The van der Waals surface area contributed by atoms with Gasteiger partial charge in [-0.05, 0) is 109 Å². The van der Waals surface area contributed by atoms with E-state index in [9.17, 15) is 14.4 Å². The van der Waals surface area contributed by atoms with Gasteiger partial charge in [0.05, 0.1) is 0 Å². The molecule has 6 heteroatoms. The molecule has 83 heavy (non-hydrogen) atoms. The number of unbranched alkanes of at least 4 members (excludes halogenated alkanes) is 47. The van der Waals surface area contributed by atoms with E-state index in [4.69, 9.17) is 14.2 Å². The number of ether oxygens (including phenoxy) is 3. The Hall–Kier alpha value is -2.89. The van der Waals surface area contributed by atoms with Gasteiger partial charge in [0.1, 0.15) is 13.2 Å². The van der Waals surface area contributed by atoms with E-state index in [0.29, 0.717) is 19.3 Å². The maximum atomic E-state index is 13.0. The van der Waals surface area contributed by atoms with Crippen molar-refractivity contribution in [3.05, 3.63) is 60.8 Å². The summed E-state index contributed by atoms with van der Waals surface area (Å²) in [6.07, 6.45) is 92.6. The molecule has 1 atom stereocenters. The maximum Gasteiger partial charge on any atom is 0.306 e. The molecule has 0 heterocycles. The smallest absolute Gasteiger partial charge is 0.306 e. The van der Waals surface area contributed by atoms with Gasteiger partial charge in [0, 0.05) is 19.3 Å². The minimum absolute atomic E-state index is 0.0738. The van der Waals surface area contributed by atoms with Crippen LogP contribution in [0.4, 0.5) is 0 Å². The zero-order valence-electron chi connectivity index (χ0n) is 55.7. The molecule has 0 bridgehead atoms. The van der Waals surface area contributed by atoms with Crippen LogP contribution in [0, 0.1) is 0 Å². The van der Waals surface area contributed by atoms with Gasteiger partial charge in [0.2, 0.25) is 0 Å². The Labute approximate surface area is 517 Å². The molecule has 0 aliphatic carbocycles. The fourth-order valence-electron chi connectivity index (χ4n) is 10.9. The quantitative estimate of drug-likeness (QED) is 0.0261. The Morgan fingerprint density at radius 2 is 0.434 bits per heavy atom. The van der Waals surface area contributed by atoms with E-state index in [-0.39, 0.29) is 31.1 Å². The fourth-order valence-corrected chi connectivity index (χ4v) is 10.9. The molecule has 0 radical (unpaired) electrons. The molecule has 0 aromatic carbocycles. The summed E-state index contributed by atoms with van der Waals surface area (Å²) in [6, 6.07) is 0. The van der Waals surface area contributed by atoms with Crippen LogP contribution >= 0.6 is 0 Å². The van der Waals surface area contributed by atoms with Gasteiger partial charge in [-0.3, -0.25) is 14.4 Å². The van der Waals surface area contributed by atoms with Crippen molar-refractivity contribution in [1.82, 2.24) is 0 Å². The average molecular weight is 1160 g/mol. The molecule has 0 aromatic rings. The number of carbonyl (C=O) groups excluding carboxylic acids is 3. The Bertz CT molecular complexity index is 1470. The normalized spacial score (nSPS) is 12.4. The third-order valence-corrected chi connectivity index (χ3v) is 16.5. The zero-order valence-corrected chi connectivity index (χ0v) is 55.7. The molecule has 0 rings (SSSR count). The molecule has 0 saturated heterocycles. The van der Waals surface area contributed by atoms with Crippen LogP contribution in [0.3, 0.4) is 0 Å². The summed E-state index contributed by atoms with van der Waals surface area (Å²) in [5.74, 6) is -0.860. The van der Waals surface area contributed by atoms with Crippen molar-refractivity contribution in [2.45, 2.75) is 399 Å². The predicted octanol–water partition coefficient (Wildman–Crippen LogP) is 25.5. The lowest BCUT2D eigenvalue weighted by molar-refractivity contribution is -0.167. The number of esters is 3. The highest BCUT2D eigenvalue weighted by Crippen LogP contribution is 2.18. The standard InChI is InChI=1S/C77H140O6/c1-4-7-10-13-16-19-22-25-28-30-32-33-34-35-36-37-38-39-40-41-42-43-45-46-49-52-55-58-61-64-67-70-76(79)82-73-74(72-81-75(78)69-66-63-60-57-54-51-48-27-24-21-18-15-12-9-6-3)83-77(80)71-68-65-62-59-56-53-50-47-44-31-29-26-23-20-17-14-11-8-5-2/h22,25-27,29-30,32,34-35,48,74H,4-21,23-24,28,31,33,36-47,49-73H2,1-3H3/b25-22-,29-26-,32-30-,35-34-,48-27-. The van der Waals surface area contributed by atoms with Crippen LogP contribution < -0.4 is 0 Å². The first-order valence-corrected chi connectivity index (χ1v) is 36.8. The molecule has 1 unspecified atom stereocenters. The second kappa shape index (κ2) is 71.6. The van der Waals surface area contributed by atoms with E-state index in [1.54, 1.807) is 0 Å². The molecular formula is C77H140O6. The van der Waals surface area contributed by atoms with Crippen LogP contribution in [0.15, 0.2) is 60.8 Å².